The zero-order valence-corrected chi connectivity index (χ0v) is 21.4. The molecule has 15 nitrogen and oxygen atoms in total. The lowest BCUT2D eigenvalue weighted by molar-refractivity contribution is -0.332. The van der Waals surface area contributed by atoms with Crippen LogP contribution in [-0.4, -0.2) is 142 Å². The van der Waals surface area contributed by atoms with Gasteiger partial charge in [-0.05, 0) is 6.42 Å². The quantitative estimate of drug-likeness (QED) is 0.104. The van der Waals surface area contributed by atoms with Crippen molar-refractivity contribution in [2.24, 2.45) is 0 Å². The van der Waals surface area contributed by atoms with Gasteiger partial charge in [0.15, 0.2) is 18.7 Å². The second kappa shape index (κ2) is 15.9. The van der Waals surface area contributed by atoms with Crippen LogP contribution in [0.1, 0.15) is 39.5 Å². The largest absolute Gasteiger partial charge is 0.462 e. The van der Waals surface area contributed by atoms with Crippen LogP contribution in [0.25, 0.3) is 0 Å². The predicted molar refractivity (Wildman–Crippen MR) is 123 cm³/mol. The Kier molecular flexibility index (Phi) is 13.7. The first-order valence-corrected chi connectivity index (χ1v) is 12.6. The van der Waals surface area contributed by atoms with Crippen LogP contribution in [0, 0.1) is 0 Å². The van der Waals surface area contributed by atoms with Gasteiger partial charge >= 0.3 is 11.9 Å². The van der Waals surface area contributed by atoms with E-state index in [-0.39, 0.29) is 26.1 Å². The summed E-state index contributed by atoms with van der Waals surface area (Å²) in [5, 5.41) is 70.1. The highest BCUT2D eigenvalue weighted by molar-refractivity contribution is 5.70. The fourth-order valence-electron chi connectivity index (χ4n) is 3.76. The first-order chi connectivity index (χ1) is 18.0. The van der Waals surface area contributed by atoms with Gasteiger partial charge in [-0.2, -0.15) is 0 Å². The topological polar surface area (TPSA) is 231 Å². The van der Waals surface area contributed by atoms with Crippen molar-refractivity contribution < 1.29 is 73.8 Å². The zero-order valence-electron chi connectivity index (χ0n) is 21.4. The molecule has 2 fully saturated rings. The van der Waals surface area contributed by atoms with E-state index < -0.39 is 92.7 Å². The van der Waals surface area contributed by atoms with Gasteiger partial charge in [0, 0.05) is 12.8 Å². The lowest BCUT2D eigenvalue weighted by atomic mass is 9.98. The molecule has 0 bridgehead atoms. The van der Waals surface area contributed by atoms with Crippen molar-refractivity contribution in [1.82, 2.24) is 0 Å². The molecule has 0 spiro atoms. The fourth-order valence-corrected chi connectivity index (χ4v) is 3.76. The molecular formula is C23H40O15. The third-order valence-corrected chi connectivity index (χ3v) is 6.14. The van der Waals surface area contributed by atoms with Gasteiger partial charge in [0.25, 0.3) is 0 Å². The van der Waals surface area contributed by atoms with Crippen molar-refractivity contribution in [3.8, 4) is 0 Å². The Bertz CT molecular complexity index is 721. The Morgan fingerprint density at radius 3 is 1.92 bits per heavy atom. The lowest BCUT2D eigenvalue weighted by Gasteiger charge is -2.42. The molecule has 11 atom stereocenters. The van der Waals surface area contributed by atoms with E-state index in [1.807, 2.05) is 6.92 Å². The van der Waals surface area contributed by atoms with Crippen molar-refractivity contribution in [2.45, 2.75) is 107 Å². The zero-order chi connectivity index (χ0) is 28.4. The Hall–Kier alpha value is -1.50. The molecule has 0 aromatic rings. The number of carbonyl (C=O) groups excluding carboxylic acids is 2. The van der Waals surface area contributed by atoms with Crippen molar-refractivity contribution in [3.05, 3.63) is 0 Å². The van der Waals surface area contributed by atoms with Gasteiger partial charge in [-0.1, -0.05) is 20.3 Å². The molecule has 0 aliphatic carbocycles. The van der Waals surface area contributed by atoms with E-state index in [0.29, 0.717) is 6.42 Å². The highest BCUT2D eigenvalue weighted by Gasteiger charge is 2.47. The van der Waals surface area contributed by atoms with Gasteiger partial charge in [-0.3, -0.25) is 9.59 Å². The average Bonchev–Trinajstić information content (AvgIpc) is 2.91. The van der Waals surface area contributed by atoms with Crippen LogP contribution in [-0.2, 0) is 38.0 Å². The standard InChI is InChI=1S/C23H40O15/c1-3-5-6-15(26)36-11(8-33-14(25)4-2)9-34-22-21(32)19(30)17(28)13(38-22)10-35-23-20(31)18(29)16(27)12(7-24)37-23/h11-13,16-24,27-32H,3-10H2,1-2H3. The Morgan fingerprint density at radius 2 is 1.34 bits per heavy atom. The molecular weight excluding hydrogens is 516 g/mol. The molecule has 2 aliphatic rings. The molecule has 7 N–H and O–H groups in total. The molecule has 2 heterocycles. The monoisotopic (exact) mass is 556 g/mol. The highest BCUT2D eigenvalue weighted by Crippen LogP contribution is 2.26. The van der Waals surface area contributed by atoms with Crippen LogP contribution >= 0.6 is 0 Å². The third-order valence-electron chi connectivity index (χ3n) is 6.14. The van der Waals surface area contributed by atoms with Crippen LogP contribution in [0.15, 0.2) is 0 Å². The van der Waals surface area contributed by atoms with Crippen molar-refractivity contribution >= 4 is 11.9 Å². The second-order valence-corrected chi connectivity index (χ2v) is 9.13. The first-order valence-electron chi connectivity index (χ1n) is 12.6. The van der Waals surface area contributed by atoms with Gasteiger partial charge < -0.3 is 64.2 Å². The van der Waals surface area contributed by atoms with Crippen molar-refractivity contribution in [1.29, 1.82) is 0 Å². The summed E-state index contributed by atoms with van der Waals surface area (Å²) >= 11 is 0. The summed E-state index contributed by atoms with van der Waals surface area (Å²) in [4.78, 5) is 23.6. The number of hydrogen-bond acceptors (Lipinski definition) is 15. The molecule has 0 amide bonds. The molecule has 2 aliphatic heterocycles. The predicted octanol–water partition coefficient (Wildman–Crippen LogP) is -3.32. The Balaban J connectivity index is 1.99. The van der Waals surface area contributed by atoms with E-state index in [1.165, 1.54) is 0 Å². The van der Waals surface area contributed by atoms with Crippen LogP contribution < -0.4 is 0 Å². The number of aliphatic hydroxyl groups excluding tert-OH is 7. The van der Waals surface area contributed by atoms with E-state index in [4.69, 9.17) is 28.4 Å². The molecule has 0 aromatic heterocycles. The van der Waals surface area contributed by atoms with Gasteiger partial charge in [0.05, 0.1) is 19.8 Å². The molecule has 15 heteroatoms. The lowest BCUT2D eigenvalue weighted by Crippen LogP contribution is -2.61. The van der Waals surface area contributed by atoms with Crippen molar-refractivity contribution in [3.63, 3.8) is 0 Å². The van der Waals surface area contributed by atoms with Gasteiger partial charge in [0.2, 0.25) is 0 Å². The second-order valence-electron chi connectivity index (χ2n) is 9.13. The van der Waals surface area contributed by atoms with E-state index >= 15 is 0 Å². The summed E-state index contributed by atoms with van der Waals surface area (Å²) in [5.41, 5.74) is 0. The SMILES string of the molecule is CCCCC(=O)OC(COC(=O)CC)COC1OC(COC2OC(CO)C(O)C(O)C2O)C(O)C(O)C1O. The van der Waals surface area contributed by atoms with E-state index in [2.05, 4.69) is 0 Å². The normalized spacial score (nSPS) is 36.4. The number of unbranched alkanes of at least 4 members (excludes halogenated alkanes) is 1. The number of ether oxygens (including phenoxy) is 6. The van der Waals surface area contributed by atoms with Gasteiger partial charge in [0.1, 0.15) is 55.4 Å². The number of esters is 2. The number of rotatable bonds is 14. The first kappa shape index (κ1) is 32.7. The van der Waals surface area contributed by atoms with Gasteiger partial charge in [-0.25, -0.2) is 0 Å². The van der Waals surface area contributed by atoms with Crippen LogP contribution in [0.3, 0.4) is 0 Å². The number of hydrogen-bond donors (Lipinski definition) is 7. The van der Waals surface area contributed by atoms with E-state index in [0.717, 1.165) is 6.42 Å². The molecule has 2 saturated heterocycles. The number of aliphatic hydroxyl groups is 7. The summed E-state index contributed by atoms with van der Waals surface area (Å²) in [6, 6.07) is 0. The molecule has 0 aromatic carbocycles. The van der Waals surface area contributed by atoms with Crippen LogP contribution in [0.5, 0.6) is 0 Å². The van der Waals surface area contributed by atoms with Crippen molar-refractivity contribution in [2.75, 3.05) is 26.4 Å². The molecule has 11 unspecified atom stereocenters. The highest BCUT2D eigenvalue weighted by atomic mass is 16.7. The minimum absolute atomic E-state index is 0.0992. The molecule has 2 rings (SSSR count). The molecule has 0 saturated carbocycles. The van der Waals surface area contributed by atoms with Gasteiger partial charge in [-0.15, -0.1) is 0 Å². The average molecular weight is 557 g/mol. The fraction of sp³-hybridized carbons (Fsp3) is 0.913. The van der Waals surface area contributed by atoms with E-state index in [1.54, 1.807) is 6.92 Å². The summed E-state index contributed by atoms with van der Waals surface area (Å²) in [6.45, 7) is 1.58. The smallest absolute Gasteiger partial charge is 0.306 e. The maximum atomic E-state index is 12.1. The Labute approximate surface area is 219 Å². The van der Waals surface area contributed by atoms with E-state index in [9.17, 15) is 45.3 Å². The maximum Gasteiger partial charge on any atom is 0.306 e. The summed E-state index contributed by atoms with van der Waals surface area (Å²) in [6.07, 6.45) is -15.2. The van der Waals surface area contributed by atoms with Crippen LogP contribution in [0.4, 0.5) is 0 Å². The minimum Gasteiger partial charge on any atom is -0.462 e. The molecule has 38 heavy (non-hydrogen) atoms. The third kappa shape index (κ3) is 9.02. The number of carbonyl (C=O) groups is 2. The molecule has 222 valence electrons. The maximum absolute atomic E-state index is 12.1. The Morgan fingerprint density at radius 1 is 0.763 bits per heavy atom. The summed E-state index contributed by atoms with van der Waals surface area (Å²) in [5.74, 6) is -1.07. The minimum atomic E-state index is -1.75. The van der Waals surface area contributed by atoms with Crippen LogP contribution in [0.2, 0.25) is 0 Å². The molecule has 0 radical (unpaired) electrons. The summed E-state index contributed by atoms with van der Waals surface area (Å²) < 4.78 is 32.0. The summed E-state index contributed by atoms with van der Waals surface area (Å²) in [7, 11) is 0.